The van der Waals surface area contributed by atoms with E-state index in [4.69, 9.17) is 8.94 Å². The summed E-state index contributed by atoms with van der Waals surface area (Å²) in [6.45, 7) is 3.47. The van der Waals surface area contributed by atoms with Gasteiger partial charge in [-0.25, -0.2) is 5.43 Å². The van der Waals surface area contributed by atoms with Gasteiger partial charge in [-0.3, -0.25) is 4.79 Å². The zero-order chi connectivity index (χ0) is 18.8. The average molecular weight is 359 g/mol. The molecular formula is C21H17N3O3. The third-order valence-corrected chi connectivity index (χ3v) is 4.24. The number of aryl methyl sites for hydroxylation is 1. The van der Waals surface area contributed by atoms with Crippen LogP contribution in [0.15, 0.2) is 74.7 Å². The van der Waals surface area contributed by atoms with Crippen molar-refractivity contribution in [3.63, 3.8) is 0 Å². The Hall–Kier alpha value is -3.67. The zero-order valence-corrected chi connectivity index (χ0v) is 14.9. The van der Waals surface area contributed by atoms with Crippen molar-refractivity contribution in [2.75, 3.05) is 0 Å². The van der Waals surface area contributed by atoms with Gasteiger partial charge in [-0.2, -0.15) is 5.10 Å². The molecular weight excluding hydrogens is 342 g/mol. The summed E-state index contributed by atoms with van der Waals surface area (Å²) in [6.07, 6.45) is 0. The summed E-state index contributed by atoms with van der Waals surface area (Å²) in [5.74, 6) is 0.646. The minimum atomic E-state index is -0.386. The van der Waals surface area contributed by atoms with Crippen LogP contribution in [0, 0.1) is 6.92 Å². The predicted octanol–water partition coefficient (Wildman–Crippen LogP) is 4.55. The number of hydrazone groups is 1. The summed E-state index contributed by atoms with van der Waals surface area (Å²) in [4.78, 5) is 12.7. The van der Waals surface area contributed by atoms with Gasteiger partial charge in [-0.1, -0.05) is 53.7 Å². The van der Waals surface area contributed by atoms with Gasteiger partial charge in [0.05, 0.1) is 0 Å². The molecule has 0 radical (unpaired) electrons. The second kappa shape index (κ2) is 6.92. The number of para-hydroxylation sites is 1. The standard InChI is InChI=1S/C21H17N3O3/c1-13(18-12-16-10-6-7-11-17(16)26-18)22-23-21(25)19-14(2)27-24-20(19)15-8-4-3-5-9-15/h3-12H,1-2H3,(H,23,25)/b22-13+. The number of aromatic nitrogens is 1. The van der Waals surface area contributed by atoms with Crippen molar-refractivity contribution in [1.29, 1.82) is 0 Å². The van der Waals surface area contributed by atoms with Crippen LogP contribution in [0.1, 0.15) is 28.8 Å². The highest BCUT2D eigenvalue weighted by atomic mass is 16.5. The van der Waals surface area contributed by atoms with Crippen LogP contribution in [-0.4, -0.2) is 16.8 Å². The van der Waals surface area contributed by atoms with Crippen LogP contribution in [0.3, 0.4) is 0 Å². The quantitative estimate of drug-likeness (QED) is 0.428. The summed E-state index contributed by atoms with van der Waals surface area (Å²) in [5.41, 5.74) is 5.56. The second-order valence-electron chi connectivity index (χ2n) is 6.12. The number of furan rings is 1. The Balaban J connectivity index is 1.59. The van der Waals surface area contributed by atoms with E-state index < -0.39 is 0 Å². The maximum absolute atomic E-state index is 12.7. The predicted molar refractivity (Wildman–Crippen MR) is 103 cm³/mol. The largest absolute Gasteiger partial charge is 0.455 e. The first-order valence-corrected chi connectivity index (χ1v) is 8.49. The summed E-state index contributed by atoms with van der Waals surface area (Å²) in [5, 5.41) is 9.17. The number of benzene rings is 2. The minimum absolute atomic E-state index is 0.363. The van der Waals surface area contributed by atoms with Gasteiger partial charge in [0.2, 0.25) is 0 Å². The SMILES string of the molecule is C/C(=N\NC(=O)c1c(-c2ccccc2)noc1C)c1cc2ccccc2o1. The molecule has 0 atom stereocenters. The molecule has 2 aromatic heterocycles. The van der Waals surface area contributed by atoms with Gasteiger partial charge in [-0.15, -0.1) is 0 Å². The lowest BCUT2D eigenvalue weighted by molar-refractivity contribution is 0.0954. The maximum Gasteiger partial charge on any atom is 0.277 e. The molecule has 0 spiro atoms. The molecule has 1 N–H and O–H groups in total. The van der Waals surface area contributed by atoms with E-state index in [1.165, 1.54) is 0 Å². The molecule has 0 bridgehead atoms. The first-order valence-electron chi connectivity index (χ1n) is 8.49. The molecule has 0 aliphatic carbocycles. The third kappa shape index (κ3) is 3.25. The summed E-state index contributed by atoms with van der Waals surface area (Å²) >= 11 is 0. The Bertz CT molecular complexity index is 1110. The summed E-state index contributed by atoms with van der Waals surface area (Å²) in [7, 11) is 0. The van der Waals surface area contributed by atoms with E-state index in [0.717, 1.165) is 16.5 Å². The lowest BCUT2D eigenvalue weighted by atomic mass is 10.1. The molecule has 0 aliphatic rings. The minimum Gasteiger partial charge on any atom is -0.455 e. The highest BCUT2D eigenvalue weighted by molar-refractivity contribution is 6.03. The third-order valence-electron chi connectivity index (χ3n) is 4.24. The van der Waals surface area contributed by atoms with Crippen LogP contribution in [-0.2, 0) is 0 Å². The molecule has 0 fully saturated rings. The highest BCUT2D eigenvalue weighted by Gasteiger charge is 2.21. The number of hydrogen-bond acceptors (Lipinski definition) is 5. The number of carbonyl (C=O) groups is 1. The van der Waals surface area contributed by atoms with Gasteiger partial charge in [0.25, 0.3) is 5.91 Å². The van der Waals surface area contributed by atoms with E-state index in [9.17, 15) is 4.79 Å². The Morgan fingerprint density at radius 2 is 1.81 bits per heavy atom. The van der Waals surface area contributed by atoms with E-state index in [1.807, 2.05) is 60.7 Å². The molecule has 6 heteroatoms. The van der Waals surface area contributed by atoms with Gasteiger partial charge in [0.1, 0.15) is 28.3 Å². The van der Waals surface area contributed by atoms with Gasteiger partial charge in [-0.05, 0) is 26.0 Å². The molecule has 27 heavy (non-hydrogen) atoms. The van der Waals surface area contributed by atoms with E-state index in [-0.39, 0.29) is 5.91 Å². The molecule has 2 aromatic carbocycles. The van der Waals surface area contributed by atoms with Crippen molar-refractivity contribution in [3.8, 4) is 11.3 Å². The van der Waals surface area contributed by atoms with E-state index >= 15 is 0 Å². The van der Waals surface area contributed by atoms with Crippen molar-refractivity contribution >= 4 is 22.6 Å². The van der Waals surface area contributed by atoms with Crippen LogP contribution in [0.25, 0.3) is 22.2 Å². The molecule has 6 nitrogen and oxygen atoms in total. The average Bonchev–Trinajstić information content (AvgIpc) is 3.30. The number of hydrogen-bond donors (Lipinski definition) is 1. The first kappa shape index (κ1) is 16.8. The maximum atomic E-state index is 12.7. The van der Waals surface area contributed by atoms with Crippen LogP contribution in [0.2, 0.25) is 0 Å². The fraction of sp³-hybridized carbons (Fsp3) is 0.0952. The van der Waals surface area contributed by atoms with Crippen molar-refractivity contribution in [2.45, 2.75) is 13.8 Å². The monoisotopic (exact) mass is 359 g/mol. The number of carbonyl (C=O) groups excluding carboxylic acids is 1. The summed E-state index contributed by atoms with van der Waals surface area (Å²) in [6, 6.07) is 19.0. The molecule has 0 unspecified atom stereocenters. The number of fused-ring (bicyclic) bond motifs is 1. The number of nitrogens with zero attached hydrogens (tertiary/aromatic N) is 2. The van der Waals surface area contributed by atoms with Crippen LogP contribution < -0.4 is 5.43 Å². The number of amides is 1. The van der Waals surface area contributed by atoms with Gasteiger partial charge < -0.3 is 8.94 Å². The lowest BCUT2D eigenvalue weighted by Gasteiger charge is -2.02. The molecule has 4 aromatic rings. The number of rotatable bonds is 4. The van der Waals surface area contributed by atoms with Gasteiger partial charge >= 0.3 is 0 Å². The molecule has 1 amide bonds. The Kier molecular flexibility index (Phi) is 4.30. The topological polar surface area (TPSA) is 80.6 Å². The van der Waals surface area contributed by atoms with Gasteiger partial charge in [0.15, 0.2) is 5.76 Å². The van der Waals surface area contributed by atoms with Crippen molar-refractivity contribution in [2.24, 2.45) is 5.10 Å². The smallest absolute Gasteiger partial charge is 0.277 e. The van der Waals surface area contributed by atoms with E-state index in [0.29, 0.717) is 28.5 Å². The van der Waals surface area contributed by atoms with E-state index in [2.05, 4.69) is 15.7 Å². The molecule has 0 aliphatic heterocycles. The first-order chi connectivity index (χ1) is 13.1. The van der Waals surface area contributed by atoms with Crippen molar-refractivity contribution < 1.29 is 13.7 Å². The Morgan fingerprint density at radius 3 is 2.59 bits per heavy atom. The number of nitrogens with one attached hydrogen (secondary N) is 1. The molecule has 4 rings (SSSR count). The normalized spacial score (nSPS) is 11.7. The van der Waals surface area contributed by atoms with Crippen molar-refractivity contribution in [3.05, 3.63) is 77.7 Å². The molecule has 2 heterocycles. The van der Waals surface area contributed by atoms with Crippen LogP contribution >= 0.6 is 0 Å². The Morgan fingerprint density at radius 1 is 1.07 bits per heavy atom. The fourth-order valence-electron chi connectivity index (χ4n) is 2.84. The lowest BCUT2D eigenvalue weighted by Crippen LogP contribution is -2.20. The fourth-order valence-corrected chi connectivity index (χ4v) is 2.84. The molecule has 0 saturated carbocycles. The van der Waals surface area contributed by atoms with Crippen LogP contribution in [0.4, 0.5) is 0 Å². The Labute approximate surface area is 155 Å². The molecule has 0 saturated heterocycles. The zero-order valence-electron chi connectivity index (χ0n) is 14.9. The van der Waals surface area contributed by atoms with E-state index in [1.54, 1.807) is 13.8 Å². The summed E-state index contributed by atoms with van der Waals surface area (Å²) < 4.78 is 11.0. The van der Waals surface area contributed by atoms with Crippen LogP contribution in [0.5, 0.6) is 0 Å². The van der Waals surface area contributed by atoms with Gasteiger partial charge in [0, 0.05) is 10.9 Å². The second-order valence-corrected chi connectivity index (χ2v) is 6.12. The molecule has 134 valence electrons. The highest BCUT2D eigenvalue weighted by Crippen LogP contribution is 2.25. The van der Waals surface area contributed by atoms with Crippen molar-refractivity contribution in [1.82, 2.24) is 10.6 Å².